The molecule has 22 nitrogen and oxygen atoms in total. The zero-order valence-corrected chi connectivity index (χ0v) is 18.4. The van der Waals surface area contributed by atoms with Crippen molar-refractivity contribution in [2.75, 3.05) is 5.23 Å². The van der Waals surface area contributed by atoms with Gasteiger partial charge in [0, 0.05) is 0 Å². The van der Waals surface area contributed by atoms with Crippen molar-refractivity contribution in [3.05, 3.63) is 0 Å². The molecule has 4 saturated heterocycles. The quantitative estimate of drug-likeness (QED) is 0.302. The van der Waals surface area contributed by atoms with Gasteiger partial charge in [0.15, 0.2) is 11.2 Å². The lowest BCUT2D eigenvalue weighted by Crippen LogP contribution is -2.70. The number of rotatable bonds is 0. The van der Waals surface area contributed by atoms with E-state index in [0.717, 1.165) is 4.73 Å². The number of fused-ring (bicyclic) bond motifs is 4. The van der Waals surface area contributed by atoms with Gasteiger partial charge in [0.2, 0.25) is 12.1 Å². The van der Waals surface area contributed by atoms with Crippen LogP contribution < -0.4 is 19.1 Å². The first-order valence-corrected chi connectivity index (χ1v) is 13.4. The van der Waals surface area contributed by atoms with Gasteiger partial charge in [-0.1, -0.05) is 5.23 Å². The summed E-state index contributed by atoms with van der Waals surface area (Å²) >= 11 is 0. The van der Waals surface area contributed by atoms with E-state index in [0.29, 0.717) is 0 Å². The third kappa shape index (κ3) is 1.90. The maximum Gasteiger partial charge on any atom is 0.634 e. The minimum atomic E-state index is -5.28. The van der Waals surface area contributed by atoms with Crippen molar-refractivity contribution in [3.63, 3.8) is 0 Å². The van der Waals surface area contributed by atoms with Crippen LogP contribution in [0.5, 0.6) is 12.0 Å². The lowest BCUT2D eigenvalue weighted by atomic mass is 9.98. The topological polar surface area (TPSA) is 260 Å². The van der Waals surface area contributed by atoms with Gasteiger partial charge in [0.25, 0.3) is 5.79 Å². The molecule has 25 heteroatoms. The molecule has 0 radical (unpaired) electrons. The molecular formula is C10H4N5O17P3. The highest BCUT2D eigenvalue weighted by molar-refractivity contribution is 7.50. The molecule has 9 heterocycles. The molecule has 8 atom stereocenters. The standard InChI is InChI=1S/C10H4N5O17P3/c16-4-7-8(17,27-33(19,23-4)26-7)9-10(18,25-7)29-35(21,28-9)32-15-3-1-2(11-5(13-3)22-9)12-6-14(1)30-34(20,24-6)31-15/h4,16-18H/t4?,7-,8-,9-,10+,33?,34?,35?/m0/s1. The van der Waals surface area contributed by atoms with Crippen molar-refractivity contribution < 1.29 is 79.5 Å². The van der Waals surface area contributed by atoms with Crippen molar-refractivity contribution in [2.45, 2.75) is 29.6 Å². The number of phosphoric ester groups is 2. The fourth-order valence-electron chi connectivity index (χ4n) is 4.41. The van der Waals surface area contributed by atoms with Crippen molar-refractivity contribution in [1.29, 1.82) is 0 Å². The van der Waals surface area contributed by atoms with Crippen LogP contribution in [0.3, 0.4) is 0 Å². The average molecular weight is 559 g/mol. The van der Waals surface area contributed by atoms with Gasteiger partial charge in [-0.15, -0.1) is 14.0 Å². The molecular weight excluding hydrogens is 555 g/mol. The molecule has 2 aromatic heterocycles. The van der Waals surface area contributed by atoms with Crippen LogP contribution in [0.25, 0.3) is 11.2 Å². The van der Waals surface area contributed by atoms with Gasteiger partial charge in [0.05, 0.1) is 0 Å². The summed E-state index contributed by atoms with van der Waals surface area (Å²) in [5.41, 5.74) is -0.448. The van der Waals surface area contributed by atoms with E-state index in [-0.39, 0.29) is 22.4 Å². The SMILES string of the molecule is O=P12Oc3nc4nc5nc(c4n3O1)N(O2)OP1(=O)O[C@]2(O)O[C@]34OP(=O)(OC3O)O[C@]4(O)[C@]2(O5)O1. The van der Waals surface area contributed by atoms with Crippen LogP contribution in [0.1, 0.15) is 0 Å². The number of hydrogen-bond acceptors (Lipinski definition) is 21. The van der Waals surface area contributed by atoms with Crippen LogP contribution in [-0.4, -0.2) is 64.6 Å². The van der Waals surface area contributed by atoms with Gasteiger partial charge in [-0.05, 0) is 0 Å². The van der Waals surface area contributed by atoms with E-state index in [2.05, 4.69) is 19.5 Å². The summed E-state index contributed by atoms with van der Waals surface area (Å²) in [6.07, 6.45) is -2.37. The smallest absolute Gasteiger partial charge is 0.416 e. The van der Waals surface area contributed by atoms with Crippen molar-refractivity contribution >= 4 is 40.4 Å². The minimum Gasteiger partial charge on any atom is -0.416 e. The summed E-state index contributed by atoms with van der Waals surface area (Å²) in [5, 5.41) is 33.0. The molecule has 0 aliphatic carbocycles. The fraction of sp³-hybridized carbons (Fsp3) is 0.500. The molecule has 0 saturated carbocycles. The van der Waals surface area contributed by atoms with E-state index in [4.69, 9.17) is 46.0 Å². The second kappa shape index (κ2) is 5.05. The molecule has 8 bridgehead atoms. The van der Waals surface area contributed by atoms with Crippen LogP contribution >= 0.6 is 23.5 Å². The number of nitrogens with zero attached hydrogens (tertiary/aromatic N) is 5. The highest BCUT2D eigenvalue weighted by atomic mass is 31.2. The Kier molecular flexibility index (Phi) is 2.90. The third-order valence-electron chi connectivity index (χ3n) is 5.68. The predicted molar refractivity (Wildman–Crippen MR) is 88.5 cm³/mol. The second-order valence-electron chi connectivity index (χ2n) is 7.66. The number of hydrogen-bond donors (Lipinski definition) is 3. The molecule has 2 aromatic rings. The number of imidazole rings is 1. The Labute approximate surface area is 187 Å². The van der Waals surface area contributed by atoms with Crippen LogP contribution in [-0.2, 0) is 50.3 Å². The number of aliphatic hydroxyl groups excluding tert-OH is 1. The normalized spacial score (nSPS) is 53.6. The molecule has 0 amide bonds. The van der Waals surface area contributed by atoms with Gasteiger partial charge in [-0.3, -0.25) is 13.9 Å². The largest absolute Gasteiger partial charge is 0.634 e. The Balaban J connectivity index is 1.32. The molecule has 9 rings (SSSR count). The van der Waals surface area contributed by atoms with Crippen LogP contribution in [0.15, 0.2) is 0 Å². The summed E-state index contributed by atoms with van der Waals surface area (Å²) in [6.45, 7) is 0. The average Bonchev–Trinajstić information content (AvgIpc) is 3.41. The molecule has 35 heavy (non-hydrogen) atoms. The lowest BCUT2D eigenvalue weighted by molar-refractivity contribution is -0.406. The number of ether oxygens (including phenoxy) is 2. The van der Waals surface area contributed by atoms with Crippen LogP contribution in [0.4, 0.5) is 5.82 Å². The fourth-order valence-corrected chi connectivity index (χ4v) is 8.62. The highest BCUT2D eigenvalue weighted by Gasteiger charge is 3.01. The molecule has 4 unspecified atom stereocenters. The van der Waals surface area contributed by atoms with Crippen molar-refractivity contribution in [2.24, 2.45) is 0 Å². The summed E-state index contributed by atoms with van der Waals surface area (Å²) in [7, 11) is -14.5. The van der Waals surface area contributed by atoms with E-state index in [1.165, 1.54) is 0 Å². The van der Waals surface area contributed by atoms with Gasteiger partial charge >= 0.3 is 53.0 Å². The molecule has 3 N–H and O–H groups in total. The Bertz CT molecular complexity index is 1600. The molecule has 7 aliphatic rings. The maximum absolute atomic E-state index is 13.5. The van der Waals surface area contributed by atoms with E-state index in [1.54, 1.807) is 0 Å². The second-order valence-corrected chi connectivity index (χ2v) is 12.0. The predicted octanol–water partition coefficient (Wildman–Crippen LogP) is -1.75. The van der Waals surface area contributed by atoms with Gasteiger partial charge in [0.1, 0.15) is 0 Å². The minimum absolute atomic E-state index is 0.147. The highest BCUT2D eigenvalue weighted by Crippen LogP contribution is 2.83. The number of aromatic nitrogens is 4. The van der Waals surface area contributed by atoms with E-state index < -0.39 is 64.9 Å². The summed E-state index contributed by atoms with van der Waals surface area (Å²) in [4.78, 5) is 11.8. The van der Waals surface area contributed by atoms with E-state index in [1.807, 2.05) is 0 Å². The summed E-state index contributed by atoms with van der Waals surface area (Å²) < 4.78 is 95.1. The number of phosphoric acid groups is 3. The Morgan fingerprint density at radius 3 is 2.51 bits per heavy atom. The zero-order valence-electron chi connectivity index (χ0n) is 15.7. The van der Waals surface area contributed by atoms with Crippen molar-refractivity contribution in [3.8, 4) is 12.0 Å². The Hall–Kier alpha value is -2.00. The molecule has 186 valence electrons. The van der Waals surface area contributed by atoms with Gasteiger partial charge in [-0.2, -0.15) is 15.0 Å². The number of anilines is 1. The molecule has 4 fully saturated rings. The van der Waals surface area contributed by atoms with E-state index >= 15 is 0 Å². The van der Waals surface area contributed by atoms with E-state index in [9.17, 15) is 29.0 Å². The molecule has 7 aliphatic heterocycles. The maximum atomic E-state index is 13.5. The Morgan fingerprint density at radius 1 is 0.914 bits per heavy atom. The first kappa shape index (κ1) is 20.1. The van der Waals surface area contributed by atoms with Crippen LogP contribution in [0, 0.1) is 0 Å². The zero-order chi connectivity index (χ0) is 24.0. The first-order chi connectivity index (χ1) is 16.3. The van der Waals surface area contributed by atoms with Crippen molar-refractivity contribution in [1.82, 2.24) is 19.7 Å². The number of aliphatic hydroxyl groups is 3. The summed E-state index contributed by atoms with van der Waals surface area (Å²) in [6, 6.07) is -1.21. The monoisotopic (exact) mass is 559 g/mol. The van der Waals surface area contributed by atoms with Gasteiger partial charge in [-0.25, -0.2) is 31.8 Å². The van der Waals surface area contributed by atoms with Crippen LogP contribution in [0.2, 0.25) is 0 Å². The third-order valence-corrected chi connectivity index (χ3v) is 9.52. The summed E-state index contributed by atoms with van der Waals surface area (Å²) in [5.74, 6) is -13.8. The molecule has 2 spiro atoms. The Morgan fingerprint density at radius 2 is 1.71 bits per heavy atom. The lowest BCUT2D eigenvalue weighted by Gasteiger charge is -2.38. The van der Waals surface area contributed by atoms with Gasteiger partial charge < -0.3 is 24.6 Å². The first-order valence-electron chi connectivity index (χ1n) is 9.07. The molecule has 0 aromatic carbocycles.